The van der Waals surface area contributed by atoms with Crippen LogP contribution >= 0.6 is 0 Å². The Hall–Kier alpha value is -6.78. The number of likely N-dealkylation sites (N-methyl/N-ethyl adjacent to an activating group) is 2. The van der Waals surface area contributed by atoms with Crippen LogP contribution < -0.4 is 21.7 Å². The van der Waals surface area contributed by atoms with E-state index in [1.165, 1.54) is 36.0 Å². The summed E-state index contributed by atoms with van der Waals surface area (Å²) in [6.07, 6.45) is 9.87. The standard InChI is InChI=1S/C60H83N7O15/c1-8-13-51-81-47-32-43-42-21-18-39-31-41(68)24-25-58(39,4)52(42)45(70)33-59(43,5)60(47,82-51)46(71)35-80-57(78)66(7)29-28-65(6)56(77)79-34-37-16-19-40(20-17-37)63-54(75)38(14-12-26-62-55(61)76)30-44(69)53(36(2)3)64-48(72)15-10-9-11-27-67-49(73)22-23-50(67)74/h16-17,19-20,22-25,31,36,38,42-43,45,47,51-53,70H,8-15,18,21,26-30,32-35H2,1-7H3,(H,63,75)(H,64,72)(H3,61,62,76)/t38-,42+,43+,45+,47-,51?,52-,53+,58+,59+,60-/m1/s1. The van der Waals surface area contributed by atoms with Gasteiger partial charge in [-0.15, -0.1) is 0 Å². The Labute approximate surface area is 479 Å². The molecule has 6 N–H and O–H groups in total. The lowest BCUT2D eigenvalue weighted by Crippen LogP contribution is -2.63. The first-order valence-electron chi connectivity index (χ1n) is 29.0. The number of fused-ring (bicyclic) bond motifs is 7. The number of primary amides is 1. The number of urea groups is 1. The van der Waals surface area contributed by atoms with Crippen LogP contribution in [0.2, 0.25) is 0 Å². The van der Waals surface area contributed by atoms with Gasteiger partial charge in [-0.2, -0.15) is 0 Å². The Balaban J connectivity index is 0.863. The highest BCUT2D eigenvalue weighted by atomic mass is 16.7. The third kappa shape index (κ3) is 14.0. The first kappa shape index (κ1) is 62.8. The van der Waals surface area contributed by atoms with Gasteiger partial charge in [0.25, 0.3) is 11.8 Å². The van der Waals surface area contributed by atoms with Crippen LogP contribution in [0.4, 0.5) is 20.1 Å². The van der Waals surface area contributed by atoms with E-state index in [1.807, 2.05) is 19.9 Å². The van der Waals surface area contributed by atoms with Gasteiger partial charge in [-0.25, -0.2) is 14.4 Å². The minimum atomic E-state index is -1.46. The molecule has 7 rings (SSSR count). The van der Waals surface area contributed by atoms with Crippen molar-refractivity contribution in [1.29, 1.82) is 0 Å². The Morgan fingerprint density at radius 1 is 0.915 bits per heavy atom. The largest absolute Gasteiger partial charge is 0.445 e. The van der Waals surface area contributed by atoms with Gasteiger partial charge in [0, 0.05) is 93.6 Å². The summed E-state index contributed by atoms with van der Waals surface area (Å²) in [5.41, 5.74) is 4.47. The number of amides is 8. The van der Waals surface area contributed by atoms with Gasteiger partial charge in [-0.05, 0) is 105 Å². The van der Waals surface area contributed by atoms with Crippen molar-refractivity contribution in [2.45, 2.75) is 155 Å². The molecule has 1 unspecified atom stereocenters. The number of aliphatic hydroxyl groups excluding tert-OH is 1. The number of rotatable bonds is 27. The number of nitrogens with two attached hydrogens (primary N) is 1. The van der Waals surface area contributed by atoms with Crippen LogP contribution in [0, 0.1) is 40.4 Å². The van der Waals surface area contributed by atoms with E-state index >= 15 is 0 Å². The number of imide groups is 1. The lowest BCUT2D eigenvalue weighted by atomic mass is 9.46. The third-order valence-corrected chi connectivity index (χ3v) is 17.9. The number of Topliss-reactive ketones (excluding diaryl/α,β-unsaturated/α-hetero) is 2. The van der Waals surface area contributed by atoms with Crippen molar-refractivity contribution < 1.29 is 72.0 Å². The molecule has 8 amide bonds. The Kier molecular flexibility index (Phi) is 20.7. The molecule has 0 radical (unpaired) electrons. The molecule has 0 bridgehead atoms. The van der Waals surface area contributed by atoms with Crippen LogP contribution in [-0.4, -0.2) is 156 Å². The molecule has 2 heterocycles. The first-order valence-corrected chi connectivity index (χ1v) is 29.0. The van der Waals surface area contributed by atoms with Gasteiger partial charge in [0.2, 0.25) is 17.6 Å². The fraction of sp³-hybridized carbons (Fsp3) is 0.633. The number of nitrogens with one attached hydrogen (secondary N) is 3. The summed E-state index contributed by atoms with van der Waals surface area (Å²) in [4.78, 5) is 133. The van der Waals surface area contributed by atoms with Gasteiger partial charge in [-0.3, -0.25) is 38.5 Å². The maximum absolute atomic E-state index is 14.7. The first-order chi connectivity index (χ1) is 38.9. The van der Waals surface area contributed by atoms with E-state index in [-0.39, 0.29) is 111 Å². The highest BCUT2D eigenvalue weighted by Crippen LogP contribution is 2.69. The fourth-order valence-corrected chi connectivity index (χ4v) is 13.5. The molecule has 6 aliphatic rings. The van der Waals surface area contributed by atoms with Gasteiger partial charge in [-0.1, -0.05) is 71.2 Å². The number of aliphatic hydroxyl groups is 1. The van der Waals surface area contributed by atoms with Gasteiger partial charge < -0.3 is 55.5 Å². The second-order valence-electron chi connectivity index (χ2n) is 23.8. The quantitative estimate of drug-likeness (QED) is 0.0525. The highest BCUT2D eigenvalue weighted by Gasteiger charge is 2.76. The van der Waals surface area contributed by atoms with Crippen LogP contribution in [0.3, 0.4) is 0 Å². The molecule has 0 aromatic heterocycles. The lowest BCUT2D eigenvalue weighted by molar-refractivity contribution is -0.200. The molecule has 22 nitrogen and oxygen atoms in total. The molecule has 22 heteroatoms. The fourth-order valence-electron chi connectivity index (χ4n) is 13.5. The molecule has 4 aliphatic carbocycles. The van der Waals surface area contributed by atoms with Crippen molar-refractivity contribution in [3.05, 3.63) is 65.8 Å². The van der Waals surface area contributed by atoms with Gasteiger partial charge in [0.1, 0.15) is 6.61 Å². The zero-order valence-electron chi connectivity index (χ0n) is 48.4. The number of anilines is 1. The summed E-state index contributed by atoms with van der Waals surface area (Å²) >= 11 is 0. The highest BCUT2D eigenvalue weighted by molar-refractivity contribution is 6.12. The van der Waals surface area contributed by atoms with Gasteiger partial charge >= 0.3 is 18.2 Å². The maximum atomic E-state index is 14.7. The minimum Gasteiger partial charge on any atom is -0.445 e. The van der Waals surface area contributed by atoms with Gasteiger partial charge in [0.15, 0.2) is 30.1 Å². The molecule has 82 heavy (non-hydrogen) atoms. The molecule has 0 spiro atoms. The topological polar surface area (TPSA) is 300 Å². The van der Waals surface area contributed by atoms with Crippen molar-refractivity contribution in [3.8, 4) is 0 Å². The maximum Gasteiger partial charge on any atom is 0.409 e. The lowest BCUT2D eigenvalue weighted by Gasteiger charge is -2.59. The summed E-state index contributed by atoms with van der Waals surface area (Å²) in [7, 11) is 3.00. The molecule has 3 saturated carbocycles. The molecular weight excluding hydrogens is 1060 g/mol. The molecular formula is C60H83N7O15. The number of unbranched alkanes of at least 4 members (excludes halogenated alkanes) is 2. The molecule has 2 aliphatic heterocycles. The van der Waals surface area contributed by atoms with Crippen LogP contribution in [0.5, 0.6) is 0 Å². The number of hydrogen-bond acceptors (Lipinski definition) is 15. The van der Waals surface area contributed by atoms with Gasteiger partial charge in [0.05, 0.1) is 18.2 Å². The third-order valence-electron chi connectivity index (χ3n) is 17.9. The smallest absolute Gasteiger partial charge is 0.409 e. The SMILES string of the molecule is CCCC1O[C@@H]2C[C@H]3[C@@H]4CCC5=CC(=O)C=C[C@]5(C)[C@H]4[C@@H](O)C[C@]3(C)[C@]2(C(=O)COC(=O)N(C)CCN(C)C(=O)OCc2ccc(NC(=O)[C@H](CCCNC(N)=O)CC(=O)[C@@H](NC(=O)CCCCCN3C(=O)C=CC3=O)C(C)C)cc2)O1. The summed E-state index contributed by atoms with van der Waals surface area (Å²) in [6, 6.07) is 4.96. The molecule has 1 aromatic rings. The van der Waals surface area contributed by atoms with E-state index in [9.17, 15) is 53.1 Å². The van der Waals surface area contributed by atoms with Crippen LogP contribution in [0.15, 0.2) is 60.2 Å². The predicted molar refractivity (Wildman–Crippen MR) is 299 cm³/mol. The average molecular weight is 1140 g/mol. The Morgan fingerprint density at radius 2 is 1.60 bits per heavy atom. The zero-order chi connectivity index (χ0) is 59.7. The van der Waals surface area contributed by atoms with E-state index in [0.29, 0.717) is 56.2 Å². The second-order valence-corrected chi connectivity index (χ2v) is 23.8. The number of ketones is 3. The molecule has 11 atom stereocenters. The van der Waals surface area contributed by atoms with Crippen LogP contribution in [0.25, 0.3) is 0 Å². The summed E-state index contributed by atoms with van der Waals surface area (Å²) in [5.74, 6) is -3.62. The van der Waals surface area contributed by atoms with Crippen LogP contribution in [0.1, 0.15) is 124 Å². The van der Waals surface area contributed by atoms with Crippen molar-refractivity contribution in [3.63, 3.8) is 0 Å². The van der Waals surface area contributed by atoms with Crippen molar-refractivity contribution in [2.24, 2.45) is 46.2 Å². The molecule has 1 saturated heterocycles. The average Bonchev–Trinajstić information content (AvgIpc) is 1.55. The number of carbonyl (C=O) groups excluding carboxylic acids is 10. The van der Waals surface area contributed by atoms with Crippen molar-refractivity contribution in [1.82, 2.24) is 25.3 Å². The molecule has 1 aromatic carbocycles. The van der Waals surface area contributed by atoms with E-state index in [1.54, 1.807) is 50.3 Å². The van der Waals surface area contributed by atoms with Crippen molar-refractivity contribution >= 4 is 64.9 Å². The number of hydrogen-bond donors (Lipinski definition) is 5. The number of benzene rings is 1. The summed E-state index contributed by atoms with van der Waals surface area (Å²) < 4.78 is 24.4. The molecule has 4 fully saturated rings. The van der Waals surface area contributed by atoms with E-state index < -0.39 is 83.4 Å². The number of carbonyl (C=O) groups is 10. The summed E-state index contributed by atoms with van der Waals surface area (Å²) in [5, 5.41) is 20.2. The summed E-state index contributed by atoms with van der Waals surface area (Å²) in [6.45, 7) is 9.51. The predicted octanol–water partition coefficient (Wildman–Crippen LogP) is 5.65. The Morgan fingerprint density at radius 3 is 2.26 bits per heavy atom. The monoisotopic (exact) mass is 1140 g/mol. The Bertz CT molecular complexity index is 2670. The normalized spacial score (nSPS) is 27.5. The van der Waals surface area contributed by atoms with E-state index in [2.05, 4.69) is 22.9 Å². The van der Waals surface area contributed by atoms with E-state index in [4.69, 9.17) is 24.7 Å². The minimum absolute atomic E-state index is 0.0270. The van der Waals surface area contributed by atoms with E-state index in [0.717, 1.165) is 23.3 Å². The number of ether oxygens (including phenoxy) is 4. The molecule has 448 valence electrons. The second kappa shape index (κ2) is 27.1. The number of allylic oxidation sites excluding steroid dienone is 4. The van der Waals surface area contributed by atoms with Crippen LogP contribution in [-0.2, 0) is 59.1 Å². The zero-order valence-corrected chi connectivity index (χ0v) is 48.4. The van der Waals surface area contributed by atoms with Crippen molar-refractivity contribution in [2.75, 3.05) is 52.2 Å². The number of nitrogens with zero attached hydrogens (tertiary/aromatic N) is 3.